The number of hydrogen-bond acceptors (Lipinski definition) is 3. The lowest BCUT2D eigenvalue weighted by atomic mass is 10.1. The Morgan fingerprint density at radius 2 is 2.43 bits per heavy atom. The third-order valence-corrected chi connectivity index (χ3v) is 2.57. The highest BCUT2D eigenvalue weighted by atomic mass is 16.5. The molecular formula is C10H19NO3. The van der Waals surface area contributed by atoms with E-state index < -0.39 is 12.0 Å². The first-order chi connectivity index (χ1) is 6.74. The normalized spacial score (nSPS) is 24.5. The van der Waals surface area contributed by atoms with Crippen LogP contribution < -0.4 is 5.32 Å². The summed E-state index contributed by atoms with van der Waals surface area (Å²) in [5, 5.41) is 11.8. The lowest BCUT2D eigenvalue weighted by Crippen LogP contribution is -2.42. The zero-order valence-corrected chi connectivity index (χ0v) is 8.66. The monoisotopic (exact) mass is 201 g/mol. The van der Waals surface area contributed by atoms with E-state index in [4.69, 9.17) is 9.84 Å². The second-order valence-electron chi connectivity index (χ2n) is 3.70. The first kappa shape index (κ1) is 11.5. The van der Waals surface area contributed by atoms with Crippen molar-refractivity contribution in [1.82, 2.24) is 5.32 Å². The number of nitrogens with one attached hydrogen (secondary N) is 1. The Hall–Kier alpha value is -0.610. The van der Waals surface area contributed by atoms with Gasteiger partial charge in [-0.25, -0.2) is 0 Å². The van der Waals surface area contributed by atoms with Crippen molar-refractivity contribution >= 4 is 5.97 Å². The van der Waals surface area contributed by atoms with Crippen molar-refractivity contribution in [2.45, 2.75) is 44.8 Å². The van der Waals surface area contributed by atoms with Crippen molar-refractivity contribution in [2.75, 3.05) is 13.2 Å². The van der Waals surface area contributed by atoms with Crippen LogP contribution in [0.5, 0.6) is 0 Å². The van der Waals surface area contributed by atoms with Gasteiger partial charge in [0.2, 0.25) is 0 Å². The fraction of sp³-hybridized carbons (Fsp3) is 0.900. The summed E-state index contributed by atoms with van der Waals surface area (Å²) < 4.78 is 5.50. The lowest BCUT2D eigenvalue weighted by Gasteiger charge is -2.24. The van der Waals surface area contributed by atoms with Crippen LogP contribution in [0, 0.1) is 0 Å². The number of carboxylic acids is 1. The largest absolute Gasteiger partial charge is 0.480 e. The van der Waals surface area contributed by atoms with Gasteiger partial charge in [0.05, 0.1) is 6.10 Å². The van der Waals surface area contributed by atoms with E-state index >= 15 is 0 Å². The van der Waals surface area contributed by atoms with Crippen molar-refractivity contribution in [1.29, 1.82) is 0 Å². The van der Waals surface area contributed by atoms with Gasteiger partial charge in [-0.05, 0) is 25.7 Å². The summed E-state index contributed by atoms with van der Waals surface area (Å²) in [5.41, 5.74) is 0. The number of carbonyl (C=O) groups is 1. The molecule has 1 heterocycles. The van der Waals surface area contributed by atoms with Crippen molar-refractivity contribution in [3.8, 4) is 0 Å². The molecule has 1 fully saturated rings. The zero-order valence-electron chi connectivity index (χ0n) is 8.66. The molecule has 0 aromatic carbocycles. The second-order valence-corrected chi connectivity index (χ2v) is 3.70. The summed E-state index contributed by atoms with van der Waals surface area (Å²) in [4.78, 5) is 10.7. The maximum absolute atomic E-state index is 10.7. The second kappa shape index (κ2) is 5.98. The molecule has 1 aliphatic rings. The maximum atomic E-state index is 10.7. The Kier molecular flexibility index (Phi) is 4.90. The third-order valence-electron chi connectivity index (χ3n) is 2.57. The SMILES string of the molecule is CCC(NCC1CCCCO1)C(=O)O. The summed E-state index contributed by atoms with van der Waals surface area (Å²) in [6, 6.07) is -0.430. The lowest BCUT2D eigenvalue weighted by molar-refractivity contribution is -0.139. The molecule has 82 valence electrons. The van der Waals surface area contributed by atoms with Crippen LogP contribution in [-0.4, -0.2) is 36.4 Å². The van der Waals surface area contributed by atoms with Crippen LogP contribution >= 0.6 is 0 Å². The molecule has 0 radical (unpaired) electrons. The van der Waals surface area contributed by atoms with Gasteiger partial charge in [0, 0.05) is 13.2 Å². The van der Waals surface area contributed by atoms with E-state index in [0.717, 1.165) is 19.4 Å². The van der Waals surface area contributed by atoms with Crippen LogP contribution in [0.25, 0.3) is 0 Å². The predicted octanol–water partition coefficient (Wildman–Crippen LogP) is 1.01. The van der Waals surface area contributed by atoms with E-state index in [2.05, 4.69) is 5.32 Å². The molecule has 4 heteroatoms. The standard InChI is InChI=1S/C10H19NO3/c1-2-9(10(12)13)11-7-8-5-3-4-6-14-8/h8-9,11H,2-7H2,1H3,(H,12,13). The highest BCUT2D eigenvalue weighted by Gasteiger charge is 2.18. The number of ether oxygens (including phenoxy) is 1. The van der Waals surface area contributed by atoms with E-state index in [9.17, 15) is 4.79 Å². The van der Waals surface area contributed by atoms with Gasteiger partial charge in [0.25, 0.3) is 0 Å². The van der Waals surface area contributed by atoms with E-state index in [0.29, 0.717) is 13.0 Å². The third kappa shape index (κ3) is 3.64. The number of carboxylic acid groups (broad SMARTS) is 1. The molecule has 2 atom stereocenters. The molecule has 1 rings (SSSR count). The van der Waals surface area contributed by atoms with Crippen LogP contribution in [0.1, 0.15) is 32.6 Å². The summed E-state index contributed by atoms with van der Waals surface area (Å²) in [6.45, 7) is 3.34. The molecule has 0 aromatic rings. The molecule has 2 unspecified atom stereocenters. The Balaban J connectivity index is 2.20. The highest BCUT2D eigenvalue weighted by molar-refractivity contribution is 5.73. The number of aliphatic carboxylic acids is 1. The van der Waals surface area contributed by atoms with Crippen LogP contribution in [-0.2, 0) is 9.53 Å². The smallest absolute Gasteiger partial charge is 0.320 e. The predicted molar refractivity (Wildman–Crippen MR) is 53.3 cm³/mol. The summed E-state index contributed by atoms with van der Waals surface area (Å²) in [6.07, 6.45) is 4.19. The molecule has 14 heavy (non-hydrogen) atoms. The minimum absolute atomic E-state index is 0.206. The molecule has 0 bridgehead atoms. The fourth-order valence-electron chi connectivity index (χ4n) is 1.65. The van der Waals surface area contributed by atoms with E-state index in [-0.39, 0.29) is 6.10 Å². The minimum atomic E-state index is -0.775. The molecule has 0 spiro atoms. The first-order valence-electron chi connectivity index (χ1n) is 5.31. The van der Waals surface area contributed by atoms with Gasteiger partial charge in [-0.3, -0.25) is 4.79 Å². The Morgan fingerprint density at radius 3 is 2.93 bits per heavy atom. The number of rotatable bonds is 5. The molecule has 4 nitrogen and oxygen atoms in total. The van der Waals surface area contributed by atoms with Crippen LogP contribution in [0.2, 0.25) is 0 Å². The maximum Gasteiger partial charge on any atom is 0.320 e. The van der Waals surface area contributed by atoms with E-state index in [1.54, 1.807) is 0 Å². The summed E-state index contributed by atoms with van der Waals surface area (Å²) in [5.74, 6) is -0.775. The molecule has 1 aliphatic heterocycles. The van der Waals surface area contributed by atoms with Gasteiger partial charge < -0.3 is 15.2 Å². The summed E-state index contributed by atoms with van der Waals surface area (Å²) in [7, 11) is 0. The van der Waals surface area contributed by atoms with Gasteiger partial charge in [-0.2, -0.15) is 0 Å². The number of hydrogen-bond donors (Lipinski definition) is 2. The van der Waals surface area contributed by atoms with E-state index in [1.807, 2.05) is 6.92 Å². The fourth-order valence-corrected chi connectivity index (χ4v) is 1.65. The Labute approximate surface area is 84.6 Å². The Bertz CT molecular complexity index is 178. The van der Waals surface area contributed by atoms with Crippen molar-refractivity contribution in [2.24, 2.45) is 0 Å². The van der Waals surface area contributed by atoms with Crippen LogP contribution in [0.4, 0.5) is 0 Å². The van der Waals surface area contributed by atoms with Gasteiger partial charge in [0.1, 0.15) is 6.04 Å². The van der Waals surface area contributed by atoms with E-state index in [1.165, 1.54) is 6.42 Å². The molecule has 1 saturated heterocycles. The van der Waals surface area contributed by atoms with Gasteiger partial charge in [-0.1, -0.05) is 6.92 Å². The Morgan fingerprint density at radius 1 is 1.64 bits per heavy atom. The minimum Gasteiger partial charge on any atom is -0.480 e. The highest BCUT2D eigenvalue weighted by Crippen LogP contribution is 2.11. The average Bonchev–Trinajstić information content (AvgIpc) is 2.20. The molecule has 0 saturated carbocycles. The summed E-state index contributed by atoms with van der Waals surface area (Å²) >= 11 is 0. The van der Waals surface area contributed by atoms with Crippen molar-refractivity contribution < 1.29 is 14.6 Å². The molecule has 2 N–H and O–H groups in total. The van der Waals surface area contributed by atoms with Crippen molar-refractivity contribution in [3.63, 3.8) is 0 Å². The van der Waals surface area contributed by atoms with Gasteiger partial charge in [-0.15, -0.1) is 0 Å². The molecule has 0 aromatic heterocycles. The van der Waals surface area contributed by atoms with Crippen LogP contribution in [0.3, 0.4) is 0 Å². The zero-order chi connectivity index (χ0) is 10.4. The van der Waals surface area contributed by atoms with Crippen LogP contribution in [0.15, 0.2) is 0 Å². The molecule has 0 aliphatic carbocycles. The molecule has 0 amide bonds. The molecular weight excluding hydrogens is 182 g/mol. The van der Waals surface area contributed by atoms with Gasteiger partial charge >= 0.3 is 5.97 Å². The van der Waals surface area contributed by atoms with Gasteiger partial charge in [0.15, 0.2) is 0 Å². The topological polar surface area (TPSA) is 58.6 Å². The quantitative estimate of drug-likeness (QED) is 0.697. The first-order valence-corrected chi connectivity index (χ1v) is 5.31. The van der Waals surface area contributed by atoms with Crippen molar-refractivity contribution in [3.05, 3.63) is 0 Å². The average molecular weight is 201 g/mol.